The van der Waals surface area contributed by atoms with Crippen molar-refractivity contribution in [3.8, 4) is 0 Å². The van der Waals surface area contributed by atoms with Crippen LogP contribution >= 0.6 is 0 Å². The number of hydrogen-bond acceptors (Lipinski definition) is 7. The maximum absolute atomic E-state index is 11.0. The summed E-state index contributed by atoms with van der Waals surface area (Å²) in [4.78, 5) is 2.64. The van der Waals surface area contributed by atoms with Crippen LogP contribution in [0.1, 0.15) is 12.8 Å². The maximum Gasteiger partial charge on any atom is 0.168 e. The molecule has 1 fully saturated rings. The van der Waals surface area contributed by atoms with Crippen LogP contribution in [0.4, 0.5) is 28.4 Å². The van der Waals surface area contributed by atoms with Gasteiger partial charge in [0.1, 0.15) is 0 Å². The highest BCUT2D eigenvalue weighted by atomic mass is 32.2. The Kier molecular flexibility index (Phi) is 6.40. The fourth-order valence-electron chi connectivity index (χ4n) is 4.01. The molecule has 0 saturated carbocycles. The molecule has 0 amide bonds. The number of rotatable bonds is 6. The van der Waals surface area contributed by atoms with Gasteiger partial charge in [0.05, 0.1) is 27.6 Å². The fourth-order valence-corrected chi connectivity index (χ4v) is 4.40. The summed E-state index contributed by atoms with van der Waals surface area (Å²) in [6, 6.07) is 26.1. The predicted molar refractivity (Wildman–Crippen MR) is 135 cm³/mol. The maximum atomic E-state index is 11.0. The highest BCUT2D eigenvalue weighted by Gasteiger charge is 2.11. The van der Waals surface area contributed by atoms with Gasteiger partial charge in [0.15, 0.2) is 10.7 Å². The van der Waals surface area contributed by atoms with Crippen molar-refractivity contribution in [1.82, 2.24) is 0 Å². The lowest BCUT2D eigenvalue weighted by molar-refractivity contribution is 0.614. The topological polar surface area (TPSA) is 86.8 Å². The van der Waals surface area contributed by atoms with Crippen LogP contribution in [-0.2, 0) is 10.7 Å². The Morgan fingerprint density at radius 2 is 1.09 bits per heavy atom. The van der Waals surface area contributed by atoms with Crippen LogP contribution in [0.3, 0.4) is 0 Å². The zero-order valence-corrected chi connectivity index (χ0v) is 19.3. The number of hydrogen-bond donors (Lipinski definition) is 1. The first-order valence-electron chi connectivity index (χ1n) is 11.1. The summed E-state index contributed by atoms with van der Waals surface area (Å²) in [6.45, 7) is 2.23. The van der Waals surface area contributed by atoms with Crippen LogP contribution in [0.2, 0.25) is 0 Å². The van der Waals surface area contributed by atoms with E-state index < -0.39 is 10.7 Å². The molecule has 0 spiro atoms. The van der Waals surface area contributed by atoms with Crippen molar-refractivity contribution in [2.24, 2.45) is 20.5 Å². The molecular formula is C26H23N5O2S. The number of benzene rings is 4. The molecule has 1 heterocycles. The second-order valence-corrected chi connectivity index (χ2v) is 9.06. The van der Waals surface area contributed by atoms with E-state index in [4.69, 9.17) is 0 Å². The van der Waals surface area contributed by atoms with Gasteiger partial charge in [0.25, 0.3) is 0 Å². The van der Waals surface area contributed by atoms with Gasteiger partial charge in [-0.25, -0.2) is 8.42 Å². The first-order valence-corrected chi connectivity index (χ1v) is 12.3. The quantitative estimate of drug-likeness (QED) is 0.238. The lowest BCUT2D eigenvalue weighted by atomic mass is 10.1. The highest BCUT2D eigenvalue weighted by molar-refractivity contribution is 7.72. The SMILES string of the molecule is O=[SH](=O)c1ccc(N=Nc2ccc(N=Nc3ccc(N4CCCC4)cc3)c3ccccc23)cc1. The van der Waals surface area contributed by atoms with Gasteiger partial charge in [0.2, 0.25) is 0 Å². The van der Waals surface area contributed by atoms with Crippen LogP contribution in [0.15, 0.2) is 110 Å². The second kappa shape index (κ2) is 9.93. The van der Waals surface area contributed by atoms with Crippen molar-refractivity contribution >= 4 is 49.9 Å². The van der Waals surface area contributed by atoms with Crippen molar-refractivity contribution in [3.63, 3.8) is 0 Å². The molecule has 8 heteroatoms. The molecule has 0 aliphatic carbocycles. The molecular weight excluding hydrogens is 446 g/mol. The van der Waals surface area contributed by atoms with Crippen LogP contribution in [-0.4, -0.2) is 21.5 Å². The molecule has 34 heavy (non-hydrogen) atoms. The second-order valence-electron chi connectivity index (χ2n) is 8.03. The zero-order valence-electron chi connectivity index (χ0n) is 18.4. The molecule has 0 radical (unpaired) electrons. The monoisotopic (exact) mass is 469 g/mol. The Morgan fingerprint density at radius 3 is 1.59 bits per heavy atom. The third-order valence-corrected chi connectivity index (χ3v) is 6.53. The molecule has 0 unspecified atom stereocenters. The van der Waals surface area contributed by atoms with Gasteiger partial charge in [0, 0.05) is 29.5 Å². The normalized spacial score (nSPS) is 14.2. The van der Waals surface area contributed by atoms with Crippen LogP contribution in [0, 0.1) is 0 Å². The zero-order chi connectivity index (χ0) is 23.3. The Labute approximate surface area is 199 Å². The van der Waals surface area contributed by atoms with E-state index in [0.29, 0.717) is 11.4 Å². The van der Waals surface area contributed by atoms with Crippen molar-refractivity contribution < 1.29 is 8.42 Å². The highest BCUT2D eigenvalue weighted by Crippen LogP contribution is 2.35. The van der Waals surface area contributed by atoms with Crippen LogP contribution in [0.25, 0.3) is 10.8 Å². The molecule has 7 nitrogen and oxygen atoms in total. The molecule has 0 bridgehead atoms. The first-order chi connectivity index (χ1) is 16.7. The Balaban J connectivity index is 1.38. The minimum Gasteiger partial charge on any atom is -0.372 e. The van der Waals surface area contributed by atoms with E-state index in [0.717, 1.165) is 35.2 Å². The van der Waals surface area contributed by atoms with Crippen LogP contribution < -0.4 is 4.90 Å². The van der Waals surface area contributed by atoms with E-state index >= 15 is 0 Å². The third-order valence-electron chi connectivity index (χ3n) is 5.81. The third kappa shape index (κ3) is 4.87. The first kappa shape index (κ1) is 21.9. The number of anilines is 1. The van der Waals surface area contributed by atoms with Gasteiger partial charge < -0.3 is 4.90 Å². The van der Waals surface area contributed by atoms with Gasteiger partial charge >= 0.3 is 0 Å². The fraction of sp³-hybridized carbons (Fsp3) is 0.154. The minimum absolute atomic E-state index is 0.250. The smallest absolute Gasteiger partial charge is 0.168 e. The van der Waals surface area contributed by atoms with Gasteiger partial charge in [-0.2, -0.15) is 10.2 Å². The molecule has 1 aliphatic rings. The van der Waals surface area contributed by atoms with E-state index in [1.54, 1.807) is 12.1 Å². The standard InChI is InChI=1S/C26H23N5O2S/c32-34(33)22-13-9-20(10-14-22)28-30-26-16-15-25(23-5-1-2-6-24(23)26)29-27-19-7-11-21(12-8-19)31-17-3-4-18-31/h1-2,5-16,34H,3-4,17-18H2. The van der Waals surface area contributed by atoms with E-state index in [1.807, 2.05) is 48.5 Å². The summed E-state index contributed by atoms with van der Waals surface area (Å²) < 4.78 is 22.1. The molecule has 0 N–H and O–H groups in total. The van der Waals surface area contributed by atoms with Crippen LogP contribution in [0.5, 0.6) is 0 Å². The number of thiol groups is 1. The van der Waals surface area contributed by atoms with Gasteiger partial charge in [-0.05, 0) is 73.5 Å². The van der Waals surface area contributed by atoms with Gasteiger partial charge in [-0.1, -0.05) is 24.3 Å². The summed E-state index contributed by atoms with van der Waals surface area (Å²) in [6.07, 6.45) is 2.50. The molecule has 170 valence electrons. The summed E-state index contributed by atoms with van der Waals surface area (Å²) >= 11 is 0. The van der Waals surface area contributed by atoms with Gasteiger partial charge in [-0.3, -0.25) is 0 Å². The van der Waals surface area contributed by atoms with Crippen molar-refractivity contribution in [2.45, 2.75) is 17.7 Å². The van der Waals surface area contributed by atoms with Crippen molar-refractivity contribution in [1.29, 1.82) is 0 Å². The number of azo groups is 2. The number of fused-ring (bicyclic) bond motifs is 1. The summed E-state index contributed by atoms with van der Waals surface area (Å²) in [5, 5.41) is 19.4. The number of nitrogens with zero attached hydrogens (tertiary/aromatic N) is 5. The Hall–Kier alpha value is -3.91. The molecule has 1 aliphatic heterocycles. The van der Waals surface area contributed by atoms with Crippen molar-refractivity contribution in [3.05, 3.63) is 84.9 Å². The molecule has 5 rings (SSSR count). The average molecular weight is 470 g/mol. The van der Waals surface area contributed by atoms with E-state index in [2.05, 4.69) is 37.5 Å². The molecule has 4 aromatic rings. The van der Waals surface area contributed by atoms with E-state index in [1.165, 1.54) is 30.7 Å². The summed E-state index contributed by atoms with van der Waals surface area (Å²) in [7, 11) is -2.61. The molecule has 0 atom stereocenters. The average Bonchev–Trinajstić information content (AvgIpc) is 3.42. The summed E-state index contributed by atoms with van der Waals surface area (Å²) in [5.74, 6) is 0. The van der Waals surface area contributed by atoms with E-state index in [9.17, 15) is 8.42 Å². The van der Waals surface area contributed by atoms with Crippen molar-refractivity contribution in [2.75, 3.05) is 18.0 Å². The Morgan fingerprint density at radius 1 is 0.588 bits per heavy atom. The Bertz CT molecular complexity index is 1430. The lowest BCUT2D eigenvalue weighted by Gasteiger charge is -2.17. The summed E-state index contributed by atoms with van der Waals surface area (Å²) in [5.41, 5.74) is 4.06. The minimum atomic E-state index is -2.61. The molecule has 0 aromatic heterocycles. The lowest BCUT2D eigenvalue weighted by Crippen LogP contribution is -2.17. The van der Waals surface area contributed by atoms with Gasteiger partial charge in [-0.15, -0.1) is 10.2 Å². The molecule has 4 aromatic carbocycles. The predicted octanol–water partition coefficient (Wildman–Crippen LogP) is 7.24. The largest absolute Gasteiger partial charge is 0.372 e. The van der Waals surface area contributed by atoms with E-state index in [-0.39, 0.29) is 4.90 Å². The molecule has 1 saturated heterocycles.